The summed E-state index contributed by atoms with van der Waals surface area (Å²) in [4.78, 5) is 65.3. The summed E-state index contributed by atoms with van der Waals surface area (Å²) < 4.78 is 17.0. The number of fused-ring (bicyclic) bond motifs is 3. The number of hydrogen-bond donors (Lipinski definition) is 1. The molecule has 2 saturated carbocycles. The Morgan fingerprint density at radius 3 is 2.17 bits per heavy atom. The summed E-state index contributed by atoms with van der Waals surface area (Å²) in [5.74, 6) is -5.13. The smallest absolute Gasteiger partial charge is 0.338 e. The Labute approximate surface area is 233 Å². The maximum Gasteiger partial charge on any atom is 0.338 e. The van der Waals surface area contributed by atoms with Gasteiger partial charge in [0.05, 0.1) is 11.0 Å². The first kappa shape index (κ1) is 29.4. The first-order chi connectivity index (χ1) is 18.5. The second-order valence-corrected chi connectivity index (χ2v) is 12.2. The fraction of sp³-hybridized carbons (Fsp3) is 0.516. The lowest BCUT2D eigenvalue weighted by Gasteiger charge is -2.64. The first-order valence-electron chi connectivity index (χ1n) is 13.3. The van der Waals surface area contributed by atoms with Gasteiger partial charge < -0.3 is 19.3 Å². The molecule has 3 aliphatic rings. The highest BCUT2D eigenvalue weighted by Crippen LogP contribution is 2.65. The predicted octanol–water partition coefficient (Wildman–Crippen LogP) is 3.74. The fourth-order valence-corrected chi connectivity index (χ4v) is 7.32. The summed E-state index contributed by atoms with van der Waals surface area (Å²) in [6, 6.07) is 8.29. The SMILES string of the molecule is C=C[C@@]1(C)C[C@@H](OC(=O)c2ccccc2)[C@H]2[C@@]3(C)C=C(OC(C)=O)C(=O)C(C)(C)[C@H]3C[C@@H](OC(C)=O)[C@@]2(O)C1=O. The summed E-state index contributed by atoms with van der Waals surface area (Å²) >= 11 is 0. The highest BCUT2D eigenvalue weighted by Gasteiger charge is 2.74. The van der Waals surface area contributed by atoms with Gasteiger partial charge in [0.25, 0.3) is 0 Å². The summed E-state index contributed by atoms with van der Waals surface area (Å²) in [6.07, 6.45) is 0.405. The van der Waals surface area contributed by atoms with E-state index < -0.39 is 75.4 Å². The molecule has 2 fully saturated rings. The zero-order chi connectivity index (χ0) is 29.8. The Morgan fingerprint density at radius 2 is 1.62 bits per heavy atom. The third kappa shape index (κ3) is 4.40. The van der Waals surface area contributed by atoms with Crippen molar-refractivity contribution in [1.82, 2.24) is 0 Å². The molecule has 0 unspecified atom stereocenters. The Morgan fingerprint density at radius 1 is 1.00 bits per heavy atom. The maximum atomic E-state index is 14.2. The number of esters is 3. The van der Waals surface area contributed by atoms with Crippen molar-refractivity contribution in [3.05, 3.63) is 60.4 Å². The third-order valence-electron chi connectivity index (χ3n) is 9.12. The molecule has 4 rings (SSSR count). The lowest BCUT2D eigenvalue weighted by atomic mass is 9.41. The molecule has 0 radical (unpaired) electrons. The summed E-state index contributed by atoms with van der Waals surface area (Å²) in [5, 5.41) is 12.5. The molecular weight excluding hydrogens is 516 g/mol. The number of ketones is 2. The molecule has 1 N–H and O–H groups in total. The minimum absolute atomic E-state index is 0.0128. The van der Waals surface area contributed by atoms with Crippen LogP contribution in [0.1, 0.15) is 64.7 Å². The number of benzene rings is 1. The highest BCUT2D eigenvalue weighted by atomic mass is 16.6. The molecule has 9 nitrogen and oxygen atoms in total. The molecule has 214 valence electrons. The number of carbonyl (C=O) groups excluding carboxylic acids is 5. The highest BCUT2D eigenvalue weighted by molar-refractivity contribution is 6.01. The van der Waals surface area contributed by atoms with Gasteiger partial charge in [0.2, 0.25) is 5.78 Å². The van der Waals surface area contributed by atoms with E-state index in [1.807, 2.05) is 0 Å². The van der Waals surface area contributed by atoms with E-state index in [0.717, 1.165) is 0 Å². The van der Waals surface area contributed by atoms with Crippen molar-refractivity contribution >= 4 is 29.5 Å². The number of Topliss-reactive ketones (excluding diaryl/α,β-unsaturated/α-hetero) is 2. The average Bonchev–Trinajstić information content (AvgIpc) is 2.87. The minimum Gasteiger partial charge on any atom is -0.459 e. The van der Waals surface area contributed by atoms with Crippen LogP contribution in [0.4, 0.5) is 0 Å². The van der Waals surface area contributed by atoms with Crippen LogP contribution in [0.5, 0.6) is 0 Å². The van der Waals surface area contributed by atoms with E-state index in [1.165, 1.54) is 26.0 Å². The molecular formula is C31H36O9. The Kier molecular flexibility index (Phi) is 7.20. The van der Waals surface area contributed by atoms with E-state index in [4.69, 9.17) is 14.2 Å². The van der Waals surface area contributed by atoms with Crippen LogP contribution in [0.3, 0.4) is 0 Å². The van der Waals surface area contributed by atoms with E-state index in [2.05, 4.69) is 6.58 Å². The van der Waals surface area contributed by atoms with Crippen molar-refractivity contribution in [2.45, 2.75) is 72.2 Å². The van der Waals surface area contributed by atoms with Crippen molar-refractivity contribution < 1.29 is 43.3 Å². The third-order valence-corrected chi connectivity index (χ3v) is 9.12. The molecule has 0 aliphatic heterocycles. The van der Waals surface area contributed by atoms with Crippen molar-refractivity contribution in [2.75, 3.05) is 0 Å². The average molecular weight is 553 g/mol. The van der Waals surface area contributed by atoms with Gasteiger partial charge in [-0.25, -0.2) is 4.79 Å². The summed E-state index contributed by atoms with van der Waals surface area (Å²) in [7, 11) is 0. The molecule has 1 aromatic rings. The zero-order valence-corrected chi connectivity index (χ0v) is 23.7. The van der Waals surface area contributed by atoms with Crippen LogP contribution < -0.4 is 0 Å². The van der Waals surface area contributed by atoms with E-state index >= 15 is 0 Å². The number of carbonyl (C=O) groups is 5. The second-order valence-electron chi connectivity index (χ2n) is 12.2. The van der Waals surface area contributed by atoms with Crippen molar-refractivity contribution in [3.63, 3.8) is 0 Å². The van der Waals surface area contributed by atoms with Gasteiger partial charge in [-0.15, -0.1) is 6.58 Å². The molecule has 0 aromatic heterocycles. The van der Waals surface area contributed by atoms with Crippen LogP contribution in [-0.2, 0) is 33.4 Å². The lowest BCUT2D eigenvalue weighted by Crippen LogP contribution is -2.75. The summed E-state index contributed by atoms with van der Waals surface area (Å²) in [5.41, 5.74) is -5.77. The normalized spacial score (nSPS) is 36.3. The van der Waals surface area contributed by atoms with E-state index in [1.54, 1.807) is 58.0 Å². The molecule has 1 aromatic carbocycles. The van der Waals surface area contributed by atoms with Crippen LogP contribution >= 0.6 is 0 Å². The van der Waals surface area contributed by atoms with Crippen molar-refractivity contribution in [3.8, 4) is 0 Å². The molecule has 0 amide bonds. The quantitative estimate of drug-likeness (QED) is 0.329. The molecule has 0 spiro atoms. The van der Waals surface area contributed by atoms with Gasteiger partial charge in [0.15, 0.2) is 17.1 Å². The second kappa shape index (κ2) is 9.80. The number of ether oxygens (including phenoxy) is 3. The first-order valence-corrected chi connectivity index (χ1v) is 13.3. The molecule has 3 aliphatic carbocycles. The zero-order valence-electron chi connectivity index (χ0n) is 23.7. The van der Waals surface area contributed by atoms with Gasteiger partial charge in [0.1, 0.15) is 12.2 Å². The van der Waals surface area contributed by atoms with Gasteiger partial charge in [-0.05, 0) is 37.5 Å². The number of hydrogen-bond acceptors (Lipinski definition) is 9. The fourth-order valence-electron chi connectivity index (χ4n) is 7.32. The van der Waals surface area contributed by atoms with Crippen LogP contribution in [0.25, 0.3) is 0 Å². The standard InChI is InChI=1S/C31H36O9/c1-8-29(6)15-20(40-26(35)19-12-10-9-11-13-19)24-30(7)16-21(38-17(2)32)25(34)28(4,5)22(30)14-23(39-18(3)33)31(24,37)27(29)36/h8-13,16,20,22-24,37H,1,14-15H2,2-7H3/t20-,22-,23-,24+,29+,30+,31+/m1/s1. The number of aliphatic hydroxyl groups is 1. The Balaban J connectivity index is 1.98. The number of allylic oxidation sites excluding steroid dienone is 3. The topological polar surface area (TPSA) is 133 Å². The van der Waals surface area contributed by atoms with Gasteiger partial charge in [0, 0.05) is 37.0 Å². The van der Waals surface area contributed by atoms with E-state index in [9.17, 15) is 29.1 Å². The monoisotopic (exact) mass is 552 g/mol. The van der Waals surface area contributed by atoms with E-state index in [-0.39, 0.29) is 24.2 Å². The lowest BCUT2D eigenvalue weighted by molar-refractivity contribution is -0.248. The van der Waals surface area contributed by atoms with Gasteiger partial charge >= 0.3 is 17.9 Å². The Hall–Kier alpha value is -3.59. The molecule has 9 heteroatoms. The molecule has 0 bridgehead atoms. The van der Waals surface area contributed by atoms with Crippen LogP contribution in [-0.4, -0.2) is 52.4 Å². The predicted molar refractivity (Wildman–Crippen MR) is 142 cm³/mol. The minimum atomic E-state index is -2.33. The van der Waals surface area contributed by atoms with Crippen LogP contribution in [0, 0.1) is 28.1 Å². The van der Waals surface area contributed by atoms with Crippen LogP contribution in [0.2, 0.25) is 0 Å². The molecule has 7 atom stereocenters. The molecule has 40 heavy (non-hydrogen) atoms. The van der Waals surface area contributed by atoms with Gasteiger partial charge in [-0.3, -0.25) is 19.2 Å². The largest absolute Gasteiger partial charge is 0.459 e. The molecule has 0 heterocycles. The van der Waals surface area contributed by atoms with Crippen molar-refractivity contribution in [2.24, 2.45) is 28.1 Å². The van der Waals surface area contributed by atoms with Gasteiger partial charge in [-0.1, -0.05) is 45.0 Å². The van der Waals surface area contributed by atoms with Crippen molar-refractivity contribution in [1.29, 1.82) is 0 Å². The Bertz CT molecular complexity index is 1310. The number of rotatable bonds is 5. The van der Waals surface area contributed by atoms with Gasteiger partial charge in [-0.2, -0.15) is 0 Å². The molecule has 0 saturated heterocycles. The van der Waals surface area contributed by atoms with Crippen LogP contribution in [0.15, 0.2) is 54.8 Å². The maximum absolute atomic E-state index is 14.2. The van der Waals surface area contributed by atoms with E-state index in [0.29, 0.717) is 0 Å². The summed E-state index contributed by atoms with van der Waals surface area (Å²) in [6.45, 7) is 12.9.